The Morgan fingerprint density at radius 1 is 1.31 bits per heavy atom. The molecule has 16 heavy (non-hydrogen) atoms. The van der Waals surface area contributed by atoms with Crippen molar-refractivity contribution in [3.8, 4) is 0 Å². The minimum atomic E-state index is -0.426. The third kappa shape index (κ3) is 3.54. The highest BCUT2D eigenvalue weighted by molar-refractivity contribution is 5.21. The van der Waals surface area contributed by atoms with Gasteiger partial charge in [0, 0.05) is 25.3 Å². The minimum Gasteiger partial charge on any atom is -0.380 e. The molecule has 0 saturated carbocycles. The van der Waals surface area contributed by atoms with Crippen LogP contribution in [0.3, 0.4) is 0 Å². The first-order valence-electron chi connectivity index (χ1n) is 5.25. The minimum absolute atomic E-state index is 0.0408. The van der Waals surface area contributed by atoms with Gasteiger partial charge >= 0.3 is 0 Å². The van der Waals surface area contributed by atoms with Crippen molar-refractivity contribution in [3.05, 3.63) is 35.4 Å². The molecule has 0 spiro atoms. The van der Waals surface area contributed by atoms with E-state index < -0.39 is 11.6 Å². The molecule has 0 aromatic heterocycles. The number of hydrogen-bond acceptors (Lipinski definition) is 2. The van der Waals surface area contributed by atoms with Crippen LogP contribution in [0.5, 0.6) is 0 Å². The summed E-state index contributed by atoms with van der Waals surface area (Å²) in [4.78, 5) is 0. The van der Waals surface area contributed by atoms with E-state index in [1.54, 1.807) is 14.0 Å². The predicted octanol–water partition coefficient (Wildman–Crippen LogP) is 2.65. The van der Waals surface area contributed by atoms with Gasteiger partial charge in [-0.2, -0.15) is 0 Å². The van der Waals surface area contributed by atoms with Crippen LogP contribution in [0.25, 0.3) is 0 Å². The average Bonchev–Trinajstić information content (AvgIpc) is 2.28. The standard InChI is InChI=1S/C12H17F2NO/c1-8(16-3)7-15-9(2)11-6-10(13)4-5-12(11)14/h4-6,8-9,15H,7H2,1-3H3. The lowest BCUT2D eigenvalue weighted by atomic mass is 10.1. The number of nitrogens with one attached hydrogen (secondary N) is 1. The van der Waals surface area contributed by atoms with E-state index in [9.17, 15) is 8.78 Å². The molecule has 0 radical (unpaired) electrons. The van der Waals surface area contributed by atoms with E-state index in [0.29, 0.717) is 12.1 Å². The number of rotatable bonds is 5. The molecule has 0 bridgehead atoms. The van der Waals surface area contributed by atoms with Crippen LogP contribution in [-0.4, -0.2) is 19.8 Å². The van der Waals surface area contributed by atoms with Crippen molar-refractivity contribution >= 4 is 0 Å². The van der Waals surface area contributed by atoms with Gasteiger partial charge < -0.3 is 10.1 Å². The number of benzene rings is 1. The Kier molecular flexibility index (Phi) is 4.83. The van der Waals surface area contributed by atoms with Crippen molar-refractivity contribution in [1.29, 1.82) is 0 Å². The highest BCUT2D eigenvalue weighted by Gasteiger charge is 2.12. The van der Waals surface area contributed by atoms with Gasteiger partial charge in [0.25, 0.3) is 0 Å². The van der Waals surface area contributed by atoms with E-state index in [2.05, 4.69) is 5.32 Å². The van der Waals surface area contributed by atoms with E-state index in [1.807, 2.05) is 6.92 Å². The van der Waals surface area contributed by atoms with Gasteiger partial charge in [-0.1, -0.05) is 0 Å². The van der Waals surface area contributed by atoms with Crippen LogP contribution >= 0.6 is 0 Å². The smallest absolute Gasteiger partial charge is 0.128 e. The van der Waals surface area contributed by atoms with Crippen molar-refractivity contribution in [1.82, 2.24) is 5.32 Å². The SMILES string of the molecule is COC(C)CNC(C)c1cc(F)ccc1F. The highest BCUT2D eigenvalue weighted by atomic mass is 19.1. The maximum atomic E-state index is 13.4. The Balaban J connectivity index is 2.65. The molecule has 4 heteroatoms. The van der Waals surface area contributed by atoms with Gasteiger partial charge in [0.2, 0.25) is 0 Å². The molecule has 0 aliphatic heterocycles. The molecular weight excluding hydrogens is 212 g/mol. The second kappa shape index (κ2) is 5.92. The average molecular weight is 229 g/mol. The first-order valence-corrected chi connectivity index (χ1v) is 5.25. The van der Waals surface area contributed by atoms with Crippen LogP contribution in [-0.2, 0) is 4.74 Å². The summed E-state index contributed by atoms with van der Waals surface area (Å²) in [6.45, 7) is 4.29. The summed E-state index contributed by atoms with van der Waals surface area (Å²) in [6.07, 6.45) is 0.0408. The molecule has 90 valence electrons. The first-order chi connectivity index (χ1) is 7.54. The maximum Gasteiger partial charge on any atom is 0.128 e. The van der Waals surface area contributed by atoms with Crippen molar-refractivity contribution in [3.63, 3.8) is 0 Å². The zero-order valence-electron chi connectivity index (χ0n) is 9.76. The summed E-state index contributed by atoms with van der Waals surface area (Å²) in [5, 5.41) is 3.09. The largest absolute Gasteiger partial charge is 0.380 e. The lowest BCUT2D eigenvalue weighted by molar-refractivity contribution is 0.114. The summed E-state index contributed by atoms with van der Waals surface area (Å²) < 4.78 is 31.4. The Bertz CT molecular complexity index is 344. The maximum absolute atomic E-state index is 13.4. The van der Waals surface area contributed by atoms with Crippen molar-refractivity contribution < 1.29 is 13.5 Å². The van der Waals surface area contributed by atoms with Gasteiger partial charge in [-0.3, -0.25) is 0 Å². The molecule has 1 rings (SSSR count). The zero-order chi connectivity index (χ0) is 12.1. The summed E-state index contributed by atoms with van der Waals surface area (Å²) in [5.41, 5.74) is 0.336. The van der Waals surface area contributed by atoms with Gasteiger partial charge in [-0.25, -0.2) is 8.78 Å². The summed E-state index contributed by atoms with van der Waals surface area (Å²) in [5.74, 6) is -0.823. The van der Waals surface area contributed by atoms with Gasteiger partial charge in [0.15, 0.2) is 0 Å². The van der Waals surface area contributed by atoms with Gasteiger partial charge in [-0.05, 0) is 32.0 Å². The fourth-order valence-corrected chi connectivity index (χ4v) is 1.38. The Hall–Kier alpha value is -1.00. The van der Waals surface area contributed by atoms with Crippen molar-refractivity contribution in [2.24, 2.45) is 0 Å². The lowest BCUT2D eigenvalue weighted by Gasteiger charge is -2.17. The Morgan fingerprint density at radius 2 is 2.00 bits per heavy atom. The van der Waals surface area contributed by atoms with E-state index in [-0.39, 0.29) is 12.1 Å². The number of ether oxygens (including phenoxy) is 1. The van der Waals surface area contributed by atoms with E-state index in [1.165, 1.54) is 6.07 Å². The topological polar surface area (TPSA) is 21.3 Å². The van der Waals surface area contributed by atoms with Gasteiger partial charge in [0.05, 0.1) is 6.10 Å². The van der Waals surface area contributed by atoms with Crippen LogP contribution in [0.4, 0.5) is 8.78 Å². The molecule has 2 atom stereocenters. The van der Waals surface area contributed by atoms with E-state index in [4.69, 9.17) is 4.74 Å². The van der Waals surface area contributed by atoms with Crippen LogP contribution in [0.2, 0.25) is 0 Å². The summed E-state index contributed by atoms with van der Waals surface area (Å²) in [7, 11) is 1.61. The molecule has 0 aliphatic rings. The van der Waals surface area contributed by atoms with Gasteiger partial charge in [-0.15, -0.1) is 0 Å². The van der Waals surface area contributed by atoms with Crippen molar-refractivity contribution in [2.45, 2.75) is 26.0 Å². The van der Waals surface area contributed by atoms with Gasteiger partial charge in [0.1, 0.15) is 11.6 Å². The molecule has 0 aliphatic carbocycles. The quantitative estimate of drug-likeness (QED) is 0.838. The molecule has 2 unspecified atom stereocenters. The molecule has 1 aromatic carbocycles. The molecule has 0 saturated heterocycles. The lowest BCUT2D eigenvalue weighted by Crippen LogP contribution is -2.28. The highest BCUT2D eigenvalue weighted by Crippen LogP contribution is 2.17. The fourth-order valence-electron chi connectivity index (χ4n) is 1.38. The number of hydrogen-bond donors (Lipinski definition) is 1. The fraction of sp³-hybridized carbons (Fsp3) is 0.500. The second-order valence-electron chi connectivity index (χ2n) is 3.84. The first kappa shape index (κ1) is 13.1. The monoisotopic (exact) mass is 229 g/mol. The number of halogens is 2. The Morgan fingerprint density at radius 3 is 2.62 bits per heavy atom. The number of methoxy groups -OCH3 is 1. The van der Waals surface area contributed by atoms with Crippen molar-refractivity contribution in [2.75, 3.05) is 13.7 Å². The molecule has 2 nitrogen and oxygen atoms in total. The third-order valence-electron chi connectivity index (χ3n) is 2.54. The molecule has 0 heterocycles. The molecule has 1 N–H and O–H groups in total. The normalized spacial score (nSPS) is 14.8. The second-order valence-corrected chi connectivity index (χ2v) is 3.84. The predicted molar refractivity (Wildman–Crippen MR) is 59.2 cm³/mol. The Labute approximate surface area is 94.6 Å². The van der Waals surface area contributed by atoms with Crippen LogP contribution in [0, 0.1) is 11.6 Å². The molecule has 0 fully saturated rings. The molecular formula is C12H17F2NO. The molecule has 0 amide bonds. The zero-order valence-corrected chi connectivity index (χ0v) is 9.76. The molecule has 1 aromatic rings. The van der Waals surface area contributed by atoms with E-state index in [0.717, 1.165) is 12.1 Å². The summed E-state index contributed by atoms with van der Waals surface area (Å²) in [6, 6.07) is 3.23. The summed E-state index contributed by atoms with van der Waals surface area (Å²) >= 11 is 0. The third-order valence-corrected chi connectivity index (χ3v) is 2.54. The van der Waals surface area contributed by atoms with Crippen LogP contribution in [0.1, 0.15) is 25.5 Å². The van der Waals surface area contributed by atoms with Crippen LogP contribution in [0.15, 0.2) is 18.2 Å². The van der Waals surface area contributed by atoms with E-state index >= 15 is 0 Å². The van der Waals surface area contributed by atoms with Crippen LogP contribution < -0.4 is 5.32 Å².